The monoisotopic (exact) mass is 223 g/mol. The Balaban J connectivity index is 1.99. The van der Waals surface area contributed by atoms with Crippen molar-refractivity contribution in [2.24, 2.45) is 5.92 Å². The largest absolute Gasteiger partial charge is 0.423 e. The number of ether oxygens (including phenoxy) is 1. The third kappa shape index (κ3) is 2.58. The van der Waals surface area contributed by atoms with Gasteiger partial charge in [-0.15, -0.1) is 0 Å². The van der Waals surface area contributed by atoms with Gasteiger partial charge in [-0.05, 0) is 38.1 Å². The summed E-state index contributed by atoms with van der Waals surface area (Å²) in [7, 11) is 0. The van der Waals surface area contributed by atoms with Gasteiger partial charge in [-0.25, -0.2) is 4.39 Å². The van der Waals surface area contributed by atoms with Gasteiger partial charge in [0.2, 0.25) is 0 Å². The highest BCUT2D eigenvalue weighted by molar-refractivity contribution is 5.75. The molecule has 0 amide bonds. The first kappa shape index (κ1) is 11.1. The predicted octanol–water partition coefficient (Wildman–Crippen LogP) is 1.73. The third-order valence-electron chi connectivity index (χ3n) is 2.72. The number of rotatable bonds is 2. The molecule has 0 aliphatic carbocycles. The Bertz CT molecular complexity index is 375. The van der Waals surface area contributed by atoms with Crippen molar-refractivity contribution in [3.8, 4) is 5.75 Å². The van der Waals surface area contributed by atoms with Crippen molar-refractivity contribution in [1.82, 2.24) is 5.32 Å². The molecule has 0 spiro atoms. The van der Waals surface area contributed by atoms with Gasteiger partial charge in [0.05, 0.1) is 5.92 Å². The zero-order chi connectivity index (χ0) is 11.4. The molecule has 1 heterocycles. The summed E-state index contributed by atoms with van der Waals surface area (Å²) in [5.41, 5.74) is 0. The van der Waals surface area contributed by atoms with E-state index in [4.69, 9.17) is 4.74 Å². The Morgan fingerprint density at radius 3 is 2.69 bits per heavy atom. The molecule has 1 saturated heterocycles. The molecule has 0 atom stereocenters. The summed E-state index contributed by atoms with van der Waals surface area (Å²) in [6.07, 6.45) is 1.51. The Hall–Kier alpha value is -1.42. The number of halogens is 1. The van der Waals surface area contributed by atoms with Crippen LogP contribution in [-0.4, -0.2) is 19.1 Å². The molecule has 4 heteroatoms. The number of carbonyl (C=O) groups is 1. The van der Waals surface area contributed by atoms with Gasteiger partial charge in [0, 0.05) is 0 Å². The van der Waals surface area contributed by atoms with Crippen LogP contribution in [0.4, 0.5) is 4.39 Å². The zero-order valence-electron chi connectivity index (χ0n) is 8.91. The van der Waals surface area contributed by atoms with E-state index >= 15 is 0 Å². The van der Waals surface area contributed by atoms with Crippen molar-refractivity contribution >= 4 is 5.97 Å². The topological polar surface area (TPSA) is 38.3 Å². The summed E-state index contributed by atoms with van der Waals surface area (Å²) in [6, 6.07) is 5.96. The number of nitrogens with one attached hydrogen (secondary N) is 1. The maximum Gasteiger partial charge on any atom is 0.314 e. The van der Waals surface area contributed by atoms with E-state index in [-0.39, 0.29) is 17.6 Å². The average molecular weight is 223 g/mol. The third-order valence-corrected chi connectivity index (χ3v) is 2.72. The SMILES string of the molecule is O=C(Oc1ccccc1F)C1CCNCC1. The van der Waals surface area contributed by atoms with Gasteiger partial charge in [-0.3, -0.25) is 4.79 Å². The number of carbonyl (C=O) groups excluding carboxylic acids is 1. The summed E-state index contributed by atoms with van der Waals surface area (Å²) in [5.74, 6) is -0.914. The molecular weight excluding hydrogens is 209 g/mol. The maximum absolute atomic E-state index is 13.2. The van der Waals surface area contributed by atoms with E-state index in [1.165, 1.54) is 12.1 Å². The summed E-state index contributed by atoms with van der Waals surface area (Å²) < 4.78 is 18.3. The highest BCUT2D eigenvalue weighted by atomic mass is 19.1. The van der Waals surface area contributed by atoms with Crippen molar-refractivity contribution in [3.63, 3.8) is 0 Å². The van der Waals surface area contributed by atoms with Crippen LogP contribution in [-0.2, 0) is 4.79 Å². The van der Waals surface area contributed by atoms with E-state index in [0.717, 1.165) is 25.9 Å². The highest BCUT2D eigenvalue weighted by Crippen LogP contribution is 2.19. The summed E-state index contributed by atoms with van der Waals surface area (Å²) in [6.45, 7) is 1.63. The molecule has 1 aromatic rings. The van der Waals surface area contributed by atoms with Crippen LogP contribution in [0.5, 0.6) is 5.75 Å². The number of piperidine rings is 1. The molecule has 1 N–H and O–H groups in total. The fourth-order valence-corrected chi connectivity index (χ4v) is 1.78. The number of hydrogen-bond donors (Lipinski definition) is 1. The normalized spacial score (nSPS) is 17.1. The summed E-state index contributed by atoms with van der Waals surface area (Å²) in [4.78, 5) is 11.7. The number of benzene rings is 1. The Labute approximate surface area is 93.6 Å². The molecule has 1 aliphatic rings. The van der Waals surface area contributed by atoms with Crippen molar-refractivity contribution in [2.45, 2.75) is 12.8 Å². The lowest BCUT2D eigenvalue weighted by Gasteiger charge is -2.20. The van der Waals surface area contributed by atoms with Crippen LogP contribution in [0.2, 0.25) is 0 Å². The minimum absolute atomic E-state index is 0.0195. The Kier molecular flexibility index (Phi) is 3.51. The quantitative estimate of drug-likeness (QED) is 0.613. The van der Waals surface area contributed by atoms with Crippen LogP contribution in [0, 0.1) is 11.7 Å². The molecule has 0 radical (unpaired) electrons. The number of para-hydroxylation sites is 1. The van der Waals surface area contributed by atoms with E-state index in [9.17, 15) is 9.18 Å². The Morgan fingerprint density at radius 2 is 2.00 bits per heavy atom. The molecule has 1 fully saturated rings. The van der Waals surface area contributed by atoms with Crippen molar-refractivity contribution in [1.29, 1.82) is 0 Å². The average Bonchev–Trinajstić information content (AvgIpc) is 2.33. The summed E-state index contributed by atoms with van der Waals surface area (Å²) >= 11 is 0. The van der Waals surface area contributed by atoms with Crippen molar-refractivity contribution < 1.29 is 13.9 Å². The summed E-state index contributed by atoms with van der Waals surface area (Å²) in [5, 5.41) is 3.16. The van der Waals surface area contributed by atoms with Crippen LogP contribution >= 0.6 is 0 Å². The van der Waals surface area contributed by atoms with E-state index < -0.39 is 5.82 Å². The molecule has 1 aromatic carbocycles. The standard InChI is InChI=1S/C12H14FNO2/c13-10-3-1-2-4-11(10)16-12(15)9-5-7-14-8-6-9/h1-4,9,14H,5-8H2. The molecular formula is C12H14FNO2. The second-order valence-corrected chi connectivity index (χ2v) is 3.88. The molecule has 0 bridgehead atoms. The molecule has 0 aromatic heterocycles. The lowest BCUT2D eigenvalue weighted by atomic mass is 9.98. The van der Waals surface area contributed by atoms with Crippen LogP contribution in [0.1, 0.15) is 12.8 Å². The molecule has 2 rings (SSSR count). The zero-order valence-corrected chi connectivity index (χ0v) is 8.91. The van der Waals surface area contributed by atoms with Crippen LogP contribution in [0.3, 0.4) is 0 Å². The van der Waals surface area contributed by atoms with Gasteiger partial charge in [-0.2, -0.15) is 0 Å². The second-order valence-electron chi connectivity index (χ2n) is 3.88. The fraction of sp³-hybridized carbons (Fsp3) is 0.417. The van der Waals surface area contributed by atoms with E-state index in [2.05, 4.69) is 5.32 Å². The lowest BCUT2D eigenvalue weighted by molar-refractivity contribution is -0.139. The molecule has 0 unspecified atom stereocenters. The van der Waals surface area contributed by atoms with Gasteiger partial charge in [0.25, 0.3) is 0 Å². The van der Waals surface area contributed by atoms with Gasteiger partial charge >= 0.3 is 5.97 Å². The van der Waals surface area contributed by atoms with E-state index in [1.807, 2.05) is 0 Å². The van der Waals surface area contributed by atoms with Crippen molar-refractivity contribution in [3.05, 3.63) is 30.1 Å². The molecule has 3 nitrogen and oxygen atoms in total. The first-order valence-corrected chi connectivity index (χ1v) is 5.44. The Morgan fingerprint density at radius 1 is 1.31 bits per heavy atom. The van der Waals surface area contributed by atoms with Gasteiger partial charge in [-0.1, -0.05) is 12.1 Å². The first-order chi connectivity index (χ1) is 7.77. The molecule has 0 saturated carbocycles. The maximum atomic E-state index is 13.2. The van der Waals surface area contributed by atoms with Gasteiger partial charge in [0.15, 0.2) is 11.6 Å². The van der Waals surface area contributed by atoms with E-state index in [1.54, 1.807) is 12.1 Å². The first-order valence-electron chi connectivity index (χ1n) is 5.44. The second kappa shape index (κ2) is 5.07. The van der Waals surface area contributed by atoms with E-state index in [0.29, 0.717) is 0 Å². The van der Waals surface area contributed by atoms with Gasteiger partial charge < -0.3 is 10.1 Å². The molecule has 86 valence electrons. The lowest BCUT2D eigenvalue weighted by Crippen LogP contribution is -2.33. The molecule has 16 heavy (non-hydrogen) atoms. The van der Waals surface area contributed by atoms with Crippen LogP contribution in [0.15, 0.2) is 24.3 Å². The minimum atomic E-state index is -0.496. The predicted molar refractivity (Wildman–Crippen MR) is 57.6 cm³/mol. The molecule has 1 aliphatic heterocycles. The van der Waals surface area contributed by atoms with Gasteiger partial charge in [0.1, 0.15) is 0 Å². The number of hydrogen-bond acceptors (Lipinski definition) is 3. The van der Waals surface area contributed by atoms with Crippen LogP contribution in [0.25, 0.3) is 0 Å². The highest BCUT2D eigenvalue weighted by Gasteiger charge is 2.23. The fourth-order valence-electron chi connectivity index (χ4n) is 1.78. The number of esters is 1. The van der Waals surface area contributed by atoms with Crippen molar-refractivity contribution in [2.75, 3.05) is 13.1 Å². The smallest absolute Gasteiger partial charge is 0.314 e. The minimum Gasteiger partial charge on any atom is -0.423 e. The van der Waals surface area contributed by atoms with Crippen LogP contribution < -0.4 is 10.1 Å².